The fraction of sp³-hybridized carbons (Fsp3) is 0.375. The maximum atomic E-state index is 12.1. The summed E-state index contributed by atoms with van der Waals surface area (Å²) in [7, 11) is 0. The zero-order valence-electron chi connectivity index (χ0n) is 7.47. The van der Waals surface area contributed by atoms with E-state index in [1.165, 1.54) is 12.1 Å². The monoisotopic (exact) mass is 239 g/mol. The van der Waals surface area contributed by atoms with Crippen molar-refractivity contribution in [2.24, 2.45) is 0 Å². The number of halogens is 3. The van der Waals surface area contributed by atoms with Crippen LogP contribution in [0.3, 0.4) is 0 Å². The summed E-state index contributed by atoms with van der Waals surface area (Å²) in [5.74, 6) is -1.18. The van der Waals surface area contributed by atoms with Gasteiger partial charge in [-0.2, -0.15) is 8.78 Å². The predicted octanol–water partition coefficient (Wildman–Crippen LogP) is 1.90. The Hall–Kier alpha value is -1.14. The number of hydrogen-bond acceptors (Lipinski definition) is 3. The SMILES string of the molecule is O=C(O)c1ccc(CNCC(F)(F)Cl)o1. The Morgan fingerprint density at radius 3 is 2.73 bits per heavy atom. The quantitative estimate of drug-likeness (QED) is 0.771. The van der Waals surface area contributed by atoms with Crippen LogP contribution in [0.25, 0.3) is 0 Å². The van der Waals surface area contributed by atoms with Crippen molar-refractivity contribution in [1.29, 1.82) is 0 Å². The van der Waals surface area contributed by atoms with Crippen molar-refractivity contribution in [3.63, 3.8) is 0 Å². The molecule has 15 heavy (non-hydrogen) atoms. The summed E-state index contributed by atoms with van der Waals surface area (Å²) in [6.07, 6.45) is 0. The summed E-state index contributed by atoms with van der Waals surface area (Å²) in [6, 6.07) is 2.64. The lowest BCUT2D eigenvalue weighted by Gasteiger charge is -2.07. The van der Waals surface area contributed by atoms with Crippen molar-refractivity contribution >= 4 is 17.6 Å². The molecule has 2 N–H and O–H groups in total. The number of aromatic carboxylic acids is 1. The maximum absolute atomic E-state index is 12.1. The molecule has 0 amide bonds. The van der Waals surface area contributed by atoms with Crippen molar-refractivity contribution in [2.45, 2.75) is 11.9 Å². The largest absolute Gasteiger partial charge is 0.475 e. The summed E-state index contributed by atoms with van der Waals surface area (Å²) in [4.78, 5) is 10.4. The molecule has 4 nitrogen and oxygen atoms in total. The molecule has 84 valence electrons. The highest BCUT2D eigenvalue weighted by molar-refractivity contribution is 6.21. The van der Waals surface area contributed by atoms with Crippen LogP contribution in [-0.2, 0) is 6.54 Å². The van der Waals surface area contributed by atoms with E-state index in [0.29, 0.717) is 0 Å². The molecule has 1 rings (SSSR count). The molecule has 0 saturated heterocycles. The van der Waals surface area contributed by atoms with Crippen LogP contribution in [0.4, 0.5) is 8.78 Å². The van der Waals surface area contributed by atoms with Crippen LogP contribution in [0.15, 0.2) is 16.5 Å². The number of carboxylic acids is 1. The first kappa shape index (κ1) is 11.9. The molecule has 0 unspecified atom stereocenters. The second-order valence-corrected chi connectivity index (χ2v) is 3.34. The Morgan fingerprint density at radius 1 is 1.60 bits per heavy atom. The molecular weight excluding hydrogens is 232 g/mol. The minimum atomic E-state index is -3.32. The summed E-state index contributed by atoms with van der Waals surface area (Å²) in [5, 5.41) is 7.51. The van der Waals surface area contributed by atoms with Crippen LogP contribution in [0.2, 0.25) is 0 Å². The van der Waals surface area contributed by atoms with Crippen LogP contribution in [0.5, 0.6) is 0 Å². The minimum absolute atomic E-state index is 0.00438. The van der Waals surface area contributed by atoms with Gasteiger partial charge in [-0.25, -0.2) is 4.79 Å². The number of furan rings is 1. The Morgan fingerprint density at radius 2 is 2.27 bits per heavy atom. The molecule has 0 atom stereocenters. The zero-order valence-corrected chi connectivity index (χ0v) is 8.22. The van der Waals surface area contributed by atoms with Crippen LogP contribution >= 0.6 is 11.6 Å². The van der Waals surface area contributed by atoms with E-state index in [4.69, 9.17) is 9.52 Å². The fourth-order valence-electron chi connectivity index (χ4n) is 0.915. The summed E-state index contributed by atoms with van der Waals surface area (Å²) >= 11 is 4.63. The summed E-state index contributed by atoms with van der Waals surface area (Å²) < 4.78 is 29.1. The van der Waals surface area contributed by atoms with Crippen molar-refractivity contribution in [2.75, 3.05) is 6.54 Å². The first-order valence-corrected chi connectivity index (χ1v) is 4.36. The highest BCUT2D eigenvalue weighted by Crippen LogP contribution is 2.17. The van der Waals surface area contributed by atoms with E-state index in [1.54, 1.807) is 0 Å². The molecule has 1 aromatic heterocycles. The van der Waals surface area contributed by atoms with E-state index in [0.717, 1.165) is 0 Å². The molecule has 7 heteroatoms. The molecule has 1 heterocycles. The number of carboxylic acid groups (broad SMARTS) is 1. The van der Waals surface area contributed by atoms with E-state index in [2.05, 4.69) is 16.9 Å². The number of rotatable bonds is 5. The Kier molecular flexibility index (Phi) is 3.65. The van der Waals surface area contributed by atoms with Gasteiger partial charge in [0.2, 0.25) is 5.76 Å². The number of carbonyl (C=O) groups is 1. The molecule has 0 spiro atoms. The summed E-state index contributed by atoms with van der Waals surface area (Å²) in [5.41, 5.74) is 0. The number of alkyl halides is 3. The summed E-state index contributed by atoms with van der Waals surface area (Å²) in [6.45, 7) is -0.715. The van der Waals surface area contributed by atoms with Crippen molar-refractivity contribution in [1.82, 2.24) is 5.32 Å². The van der Waals surface area contributed by atoms with Gasteiger partial charge in [0, 0.05) is 0 Å². The fourth-order valence-corrected chi connectivity index (χ4v) is 1.01. The third-order valence-electron chi connectivity index (χ3n) is 1.50. The van der Waals surface area contributed by atoms with Gasteiger partial charge in [0.25, 0.3) is 0 Å². The molecule has 1 aromatic rings. The van der Waals surface area contributed by atoms with Gasteiger partial charge in [0.05, 0.1) is 13.1 Å². The lowest BCUT2D eigenvalue weighted by molar-refractivity contribution is 0.0658. The van der Waals surface area contributed by atoms with Gasteiger partial charge in [-0.05, 0) is 23.7 Å². The third kappa shape index (κ3) is 4.26. The predicted molar refractivity (Wildman–Crippen MR) is 48.2 cm³/mol. The van der Waals surface area contributed by atoms with E-state index in [-0.39, 0.29) is 18.1 Å². The normalized spacial score (nSPS) is 11.7. The van der Waals surface area contributed by atoms with Gasteiger partial charge >= 0.3 is 11.4 Å². The minimum Gasteiger partial charge on any atom is -0.475 e. The van der Waals surface area contributed by atoms with Crippen molar-refractivity contribution in [3.05, 3.63) is 23.7 Å². The number of hydrogen-bond donors (Lipinski definition) is 2. The van der Waals surface area contributed by atoms with Crippen molar-refractivity contribution in [3.8, 4) is 0 Å². The first-order valence-electron chi connectivity index (χ1n) is 3.98. The zero-order chi connectivity index (χ0) is 11.5. The molecule has 0 fully saturated rings. The molecule has 0 radical (unpaired) electrons. The molecule has 0 aliphatic heterocycles. The van der Waals surface area contributed by atoms with Crippen LogP contribution < -0.4 is 5.32 Å². The van der Waals surface area contributed by atoms with E-state index < -0.39 is 17.9 Å². The van der Waals surface area contributed by atoms with E-state index in [9.17, 15) is 13.6 Å². The van der Waals surface area contributed by atoms with E-state index in [1.807, 2.05) is 0 Å². The molecular formula is C8H8ClF2NO3. The lowest BCUT2D eigenvalue weighted by Crippen LogP contribution is -2.27. The van der Waals surface area contributed by atoms with Gasteiger partial charge < -0.3 is 14.8 Å². The topological polar surface area (TPSA) is 62.5 Å². The van der Waals surface area contributed by atoms with Gasteiger partial charge in [0.1, 0.15) is 5.76 Å². The lowest BCUT2D eigenvalue weighted by atomic mass is 10.4. The molecule has 0 bridgehead atoms. The smallest absolute Gasteiger partial charge is 0.371 e. The molecule has 0 aliphatic carbocycles. The Bertz CT molecular complexity index is 348. The Balaban J connectivity index is 2.41. The second-order valence-electron chi connectivity index (χ2n) is 2.79. The van der Waals surface area contributed by atoms with E-state index >= 15 is 0 Å². The maximum Gasteiger partial charge on any atom is 0.371 e. The standard InChI is InChI=1S/C8H8ClF2NO3/c9-8(10,11)4-12-3-5-1-2-6(15-5)7(13)14/h1-2,12H,3-4H2,(H,13,14). The molecule has 0 saturated carbocycles. The first-order chi connectivity index (χ1) is 6.88. The van der Waals surface area contributed by atoms with Crippen molar-refractivity contribution < 1.29 is 23.1 Å². The third-order valence-corrected chi connectivity index (χ3v) is 1.63. The average Bonchev–Trinajstić information content (AvgIpc) is 2.50. The van der Waals surface area contributed by atoms with Crippen LogP contribution in [0.1, 0.15) is 16.3 Å². The van der Waals surface area contributed by atoms with Gasteiger partial charge in [-0.15, -0.1) is 0 Å². The van der Waals surface area contributed by atoms with Gasteiger partial charge in [-0.3, -0.25) is 0 Å². The number of nitrogens with one attached hydrogen (secondary N) is 1. The highest BCUT2D eigenvalue weighted by atomic mass is 35.5. The van der Waals surface area contributed by atoms with Gasteiger partial charge in [0.15, 0.2) is 0 Å². The van der Waals surface area contributed by atoms with Crippen LogP contribution in [0, 0.1) is 0 Å². The van der Waals surface area contributed by atoms with Gasteiger partial charge in [-0.1, -0.05) is 0 Å². The molecule has 0 aromatic carbocycles. The average molecular weight is 240 g/mol. The Labute approximate surface area is 88.8 Å². The van der Waals surface area contributed by atoms with Crippen LogP contribution in [-0.4, -0.2) is 23.0 Å². The highest BCUT2D eigenvalue weighted by Gasteiger charge is 2.23. The second kappa shape index (κ2) is 4.59. The molecule has 0 aliphatic rings.